The minimum atomic E-state index is -3.49. The van der Waals surface area contributed by atoms with E-state index in [1.54, 1.807) is 0 Å². The fourth-order valence-corrected chi connectivity index (χ4v) is 7.09. The maximum absolute atomic E-state index is 12.5. The minimum Gasteiger partial charge on any atom is -0.452 e. The molecule has 1 amide bonds. The molecule has 4 fully saturated rings. The molecule has 1 unspecified atom stereocenters. The Morgan fingerprint density at radius 3 is 2.27 bits per heavy atom. The number of benzene rings is 1. The van der Waals surface area contributed by atoms with Crippen molar-refractivity contribution in [2.24, 2.45) is 23.2 Å². The number of ether oxygens (including phenoxy) is 1. The molecule has 164 valence electrons. The Balaban J connectivity index is 1.36. The molecule has 1 aromatic carbocycles. The van der Waals surface area contributed by atoms with Crippen molar-refractivity contribution in [3.05, 3.63) is 28.8 Å². The average molecular weight is 454 g/mol. The van der Waals surface area contributed by atoms with Crippen molar-refractivity contribution in [3.8, 4) is 0 Å². The molecular formula is C22H28ClNO5S. The zero-order valence-electron chi connectivity index (χ0n) is 17.3. The van der Waals surface area contributed by atoms with Gasteiger partial charge in [-0.1, -0.05) is 11.6 Å². The molecule has 0 aromatic heterocycles. The Hall–Kier alpha value is -1.60. The minimum absolute atomic E-state index is 0.0289. The molecule has 0 aliphatic heterocycles. The van der Waals surface area contributed by atoms with Crippen LogP contribution in [0.25, 0.3) is 0 Å². The Kier molecular flexibility index (Phi) is 5.64. The van der Waals surface area contributed by atoms with Gasteiger partial charge in [0, 0.05) is 12.3 Å². The fraction of sp³-hybridized carbons (Fsp3) is 0.636. The number of nitrogens with one attached hydrogen (secondary N) is 1. The van der Waals surface area contributed by atoms with E-state index < -0.39 is 22.4 Å². The summed E-state index contributed by atoms with van der Waals surface area (Å²) in [5, 5.41) is 3.13. The quantitative estimate of drug-likeness (QED) is 0.664. The molecule has 6 nitrogen and oxygen atoms in total. The molecule has 8 heteroatoms. The molecule has 1 N–H and O–H groups in total. The fourth-order valence-electron chi connectivity index (χ4n) is 6.24. The monoisotopic (exact) mass is 453 g/mol. The van der Waals surface area contributed by atoms with Gasteiger partial charge in [-0.15, -0.1) is 0 Å². The second kappa shape index (κ2) is 7.83. The van der Waals surface area contributed by atoms with Gasteiger partial charge in [0.1, 0.15) is 0 Å². The van der Waals surface area contributed by atoms with Gasteiger partial charge in [-0.2, -0.15) is 0 Å². The maximum Gasteiger partial charge on any atom is 0.340 e. The van der Waals surface area contributed by atoms with Gasteiger partial charge in [-0.25, -0.2) is 13.2 Å². The number of hydrogen-bond acceptors (Lipinski definition) is 5. The van der Waals surface area contributed by atoms with E-state index in [2.05, 4.69) is 12.2 Å². The molecule has 0 saturated heterocycles. The van der Waals surface area contributed by atoms with E-state index in [1.807, 2.05) is 0 Å². The van der Waals surface area contributed by atoms with Gasteiger partial charge in [0.2, 0.25) is 0 Å². The molecule has 4 aliphatic rings. The van der Waals surface area contributed by atoms with Crippen LogP contribution in [0.2, 0.25) is 5.02 Å². The van der Waals surface area contributed by atoms with Crippen molar-refractivity contribution in [2.75, 3.05) is 12.9 Å². The number of amides is 1. The summed E-state index contributed by atoms with van der Waals surface area (Å²) in [7, 11) is -3.49. The van der Waals surface area contributed by atoms with Crippen LogP contribution in [0.15, 0.2) is 23.1 Å². The first kappa shape index (κ1) is 21.6. The van der Waals surface area contributed by atoms with E-state index in [0.717, 1.165) is 24.0 Å². The van der Waals surface area contributed by atoms with Gasteiger partial charge in [-0.05, 0) is 86.8 Å². The second-order valence-electron chi connectivity index (χ2n) is 9.56. The van der Waals surface area contributed by atoms with Crippen LogP contribution in [0.5, 0.6) is 0 Å². The van der Waals surface area contributed by atoms with Crippen molar-refractivity contribution < 1.29 is 22.7 Å². The molecule has 0 spiro atoms. The Labute approximate surface area is 182 Å². The normalized spacial score (nSPS) is 30.7. The van der Waals surface area contributed by atoms with E-state index in [9.17, 15) is 18.0 Å². The zero-order chi connectivity index (χ0) is 21.7. The summed E-state index contributed by atoms with van der Waals surface area (Å²) in [6, 6.07) is 3.88. The lowest BCUT2D eigenvalue weighted by molar-refractivity contribution is -0.128. The van der Waals surface area contributed by atoms with Gasteiger partial charge in [0.15, 0.2) is 16.4 Å². The highest BCUT2D eigenvalue weighted by Crippen LogP contribution is 2.61. The molecule has 4 aliphatic carbocycles. The maximum atomic E-state index is 12.5. The second-order valence-corrected chi connectivity index (χ2v) is 12.0. The number of rotatable bonds is 6. The lowest BCUT2D eigenvalue weighted by Gasteiger charge is -2.59. The highest BCUT2D eigenvalue weighted by atomic mass is 35.5. The van der Waals surface area contributed by atoms with Crippen molar-refractivity contribution in [3.63, 3.8) is 0 Å². The van der Waals surface area contributed by atoms with Crippen LogP contribution in [0, 0.1) is 23.2 Å². The predicted octanol–water partition coefficient (Wildman–Crippen LogP) is 3.62. The SMILES string of the molecule is CC(NC(=O)COC(=O)c1cc(S(C)(=O)=O)ccc1Cl)C12CC3CC(CC(C3)C1)C2. The lowest BCUT2D eigenvalue weighted by Crippen LogP contribution is -2.56. The summed E-state index contributed by atoms with van der Waals surface area (Å²) in [5.74, 6) is 1.21. The summed E-state index contributed by atoms with van der Waals surface area (Å²) in [5.41, 5.74) is 0.100. The summed E-state index contributed by atoms with van der Waals surface area (Å²) < 4.78 is 28.5. The molecule has 4 saturated carbocycles. The van der Waals surface area contributed by atoms with Gasteiger partial charge in [-0.3, -0.25) is 4.79 Å². The third-order valence-corrected chi connectivity index (χ3v) is 8.74. The number of sulfone groups is 1. The summed E-state index contributed by atoms with van der Waals surface area (Å²) in [4.78, 5) is 24.8. The standard InChI is InChI=1S/C22H28ClNO5S/c1-13(22-9-14-5-15(10-22)7-16(6-14)11-22)24-20(25)12-29-21(26)18-8-17(30(2,27)28)3-4-19(18)23/h3-4,8,13-16H,5-7,9-12H2,1-2H3,(H,24,25). The topological polar surface area (TPSA) is 89.5 Å². The lowest BCUT2D eigenvalue weighted by atomic mass is 9.48. The molecule has 5 rings (SSSR count). The van der Waals surface area contributed by atoms with Crippen molar-refractivity contribution in [2.45, 2.75) is 56.4 Å². The molecule has 1 atom stereocenters. The molecule has 1 aromatic rings. The third kappa shape index (κ3) is 4.24. The van der Waals surface area contributed by atoms with Crippen molar-refractivity contribution in [1.82, 2.24) is 5.32 Å². The van der Waals surface area contributed by atoms with E-state index in [-0.39, 0.29) is 32.8 Å². The first-order valence-corrected chi connectivity index (χ1v) is 12.8. The van der Waals surface area contributed by atoms with Crippen LogP contribution in [-0.2, 0) is 19.4 Å². The van der Waals surface area contributed by atoms with E-state index in [1.165, 1.54) is 56.7 Å². The van der Waals surface area contributed by atoms with Crippen LogP contribution in [0.1, 0.15) is 55.8 Å². The Morgan fingerprint density at radius 2 is 1.73 bits per heavy atom. The smallest absolute Gasteiger partial charge is 0.340 e. The average Bonchev–Trinajstić information content (AvgIpc) is 2.64. The predicted molar refractivity (Wildman–Crippen MR) is 113 cm³/mol. The van der Waals surface area contributed by atoms with Gasteiger partial charge < -0.3 is 10.1 Å². The summed E-state index contributed by atoms with van der Waals surface area (Å²) in [6.45, 7) is 1.65. The first-order valence-electron chi connectivity index (χ1n) is 10.5. The summed E-state index contributed by atoms with van der Waals surface area (Å²) in [6.07, 6.45) is 8.58. The first-order chi connectivity index (χ1) is 14.1. The number of carbonyl (C=O) groups excluding carboxylic acids is 2. The zero-order valence-corrected chi connectivity index (χ0v) is 18.9. The van der Waals surface area contributed by atoms with Gasteiger partial charge in [0.05, 0.1) is 15.5 Å². The Bertz CT molecular complexity index is 938. The van der Waals surface area contributed by atoms with Crippen LogP contribution in [0.4, 0.5) is 0 Å². The molecule has 0 heterocycles. The van der Waals surface area contributed by atoms with Gasteiger partial charge >= 0.3 is 5.97 Å². The van der Waals surface area contributed by atoms with Crippen molar-refractivity contribution >= 4 is 33.3 Å². The highest BCUT2D eigenvalue weighted by Gasteiger charge is 2.53. The number of halogens is 1. The molecular weight excluding hydrogens is 426 g/mol. The van der Waals surface area contributed by atoms with E-state index >= 15 is 0 Å². The van der Waals surface area contributed by atoms with Crippen LogP contribution in [-0.4, -0.2) is 39.2 Å². The Morgan fingerprint density at radius 1 is 1.17 bits per heavy atom. The number of esters is 1. The van der Waals surface area contributed by atoms with E-state index in [4.69, 9.17) is 16.3 Å². The van der Waals surface area contributed by atoms with Crippen molar-refractivity contribution in [1.29, 1.82) is 0 Å². The molecule has 4 bridgehead atoms. The highest BCUT2D eigenvalue weighted by molar-refractivity contribution is 7.90. The third-order valence-electron chi connectivity index (χ3n) is 7.30. The summed E-state index contributed by atoms with van der Waals surface area (Å²) >= 11 is 6.02. The van der Waals surface area contributed by atoms with E-state index in [0.29, 0.717) is 0 Å². The number of hydrogen-bond donors (Lipinski definition) is 1. The molecule has 0 radical (unpaired) electrons. The largest absolute Gasteiger partial charge is 0.452 e. The van der Waals surface area contributed by atoms with Crippen LogP contribution < -0.4 is 5.32 Å². The van der Waals surface area contributed by atoms with Crippen LogP contribution in [0.3, 0.4) is 0 Å². The van der Waals surface area contributed by atoms with Gasteiger partial charge in [0.25, 0.3) is 5.91 Å². The van der Waals surface area contributed by atoms with Crippen LogP contribution >= 0.6 is 11.6 Å². The molecule has 30 heavy (non-hydrogen) atoms. The number of carbonyl (C=O) groups is 2.